The first-order chi connectivity index (χ1) is 7.89. The van der Waals surface area contributed by atoms with E-state index in [0.717, 1.165) is 6.20 Å². The van der Waals surface area contributed by atoms with Gasteiger partial charge in [-0.2, -0.15) is 5.26 Å². The lowest BCUT2D eigenvalue weighted by Gasteiger charge is -2.15. The van der Waals surface area contributed by atoms with Gasteiger partial charge in [0.1, 0.15) is 12.4 Å². The van der Waals surface area contributed by atoms with E-state index in [0.29, 0.717) is 0 Å². The minimum Gasteiger partial charge on any atom is -0.405 e. The Hall–Kier alpha value is -1.84. The molecule has 0 amide bonds. The Kier molecular flexibility index (Phi) is 3.89. The molecule has 0 fully saturated rings. The molecule has 1 aromatic heterocycles. The third-order valence-electron chi connectivity index (χ3n) is 2.05. The number of nitriles is 1. The fourth-order valence-electron chi connectivity index (χ4n) is 1.29. The molecule has 0 radical (unpaired) electrons. The lowest BCUT2D eigenvalue weighted by atomic mass is 10.1. The van der Waals surface area contributed by atoms with Gasteiger partial charge in [-0.1, -0.05) is 0 Å². The number of hydrogen-bond donors (Lipinski definition) is 0. The van der Waals surface area contributed by atoms with Crippen LogP contribution in [0, 0.1) is 18.3 Å². The van der Waals surface area contributed by atoms with Crippen molar-refractivity contribution in [2.45, 2.75) is 26.4 Å². The van der Waals surface area contributed by atoms with Gasteiger partial charge in [0.15, 0.2) is 0 Å². The summed E-state index contributed by atoms with van der Waals surface area (Å²) >= 11 is 0. The Bertz CT molecular complexity index is 451. The Morgan fingerprint density at radius 3 is 2.59 bits per heavy atom. The summed E-state index contributed by atoms with van der Waals surface area (Å²) in [6.07, 6.45) is -4.12. The summed E-state index contributed by atoms with van der Waals surface area (Å²) in [4.78, 5) is 3.72. The van der Waals surface area contributed by atoms with Crippen molar-refractivity contribution in [2.24, 2.45) is 0 Å². The minimum absolute atomic E-state index is 0.0269. The number of rotatable bonds is 3. The zero-order chi connectivity index (χ0) is 13.1. The molecule has 0 aliphatic rings. The molecule has 0 N–H and O–H groups in total. The monoisotopic (exact) mass is 248 g/mol. The summed E-state index contributed by atoms with van der Waals surface area (Å²) in [5.41, 5.74) is -0.121. The van der Waals surface area contributed by atoms with Gasteiger partial charge in [0.2, 0.25) is 0 Å². The van der Waals surface area contributed by atoms with Crippen molar-refractivity contribution < 1.29 is 22.3 Å². The van der Waals surface area contributed by atoms with Crippen molar-refractivity contribution in [1.29, 1.82) is 5.26 Å². The molecular formula is C10H8F4N2O. The van der Waals surface area contributed by atoms with E-state index < -0.39 is 18.8 Å². The van der Waals surface area contributed by atoms with Gasteiger partial charge in [-0.15, -0.1) is 13.2 Å². The summed E-state index contributed by atoms with van der Waals surface area (Å²) in [6.45, 7) is 0.187. The normalized spacial score (nSPS) is 11.1. The Morgan fingerprint density at radius 1 is 1.47 bits per heavy atom. The van der Waals surface area contributed by atoms with Crippen molar-refractivity contribution in [1.82, 2.24) is 4.98 Å². The van der Waals surface area contributed by atoms with Crippen molar-refractivity contribution in [3.05, 3.63) is 23.0 Å². The number of nitrogens with zero attached hydrogens (tertiary/aromatic N) is 2. The van der Waals surface area contributed by atoms with Gasteiger partial charge >= 0.3 is 6.36 Å². The van der Waals surface area contributed by atoms with E-state index in [4.69, 9.17) is 5.26 Å². The summed E-state index contributed by atoms with van der Waals surface area (Å²) in [7, 11) is 0. The third kappa shape index (κ3) is 3.31. The molecule has 0 spiro atoms. The number of alkyl halides is 4. The van der Waals surface area contributed by atoms with E-state index in [-0.39, 0.29) is 23.2 Å². The Labute approximate surface area is 94.6 Å². The summed E-state index contributed by atoms with van der Waals surface area (Å²) < 4.78 is 52.6. The van der Waals surface area contributed by atoms with E-state index in [2.05, 4.69) is 9.72 Å². The van der Waals surface area contributed by atoms with Crippen molar-refractivity contribution in [2.75, 3.05) is 0 Å². The van der Waals surface area contributed by atoms with Crippen LogP contribution in [0.3, 0.4) is 0 Å². The molecule has 1 rings (SSSR count). The lowest BCUT2D eigenvalue weighted by Crippen LogP contribution is -2.19. The second kappa shape index (κ2) is 4.99. The maximum Gasteiger partial charge on any atom is 0.573 e. The number of halogens is 4. The Morgan fingerprint density at radius 2 is 2.12 bits per heavy atom. The van der Waals surface area contributed by atoms with Gasteiger partial charge < -0.3 is 4.74 Å². The smallest absolute Gasteiger partial charge is 0.405 e. The predicted octanol–water partition coefficient (Wildman–Crippen LogP) is 2.82. The highest BCUT2D eigenvalue weighted by Crippen LogP contribution is 2.31. The first kappa shape index (κ1) is 13.2. The van der Waals surface area contributed by atoms with Crippen LogP contribution in [-0.2, 0) is 13.1 Å². The number of pyridine rings is 1. The molecule has 0 saturated heterocycles. The van der Waals surface area contributed by atoms with Gasteiger partial charge in [0.25, 0.3) is 0 Å². The molecule has 0 atom stereocenters. The fraction of sp³-hybridized carbons (Fsp3) is 0.400. The molecule has 7 heteroatoms. The van der Waals surface area contributed by atoms with Crippen molar-refractivity contribution in [3.63, 3.8) is 0 Å². The highest BCUT2D eigenvalue weighted by atomic mass is 19.4. The number of aromatic nitrogens is 1. The Balaban J connectivity index is 3.23. The number of ether oxygens (including phenoxy) is 1. The van der Waals surface area contributed by atoms with Crippen LogP contribution < -0.4 is 4.74 Å². The molecule has 0 unspecified atom stereocenters. The second-order valence-electron chi connectivity index (χ2n) is 3.20. The molecule has 0 aliphatic carbocycles. The van der Waals surface area contributed by atoms with Crippen LogP contribution in [0.2, 0.25) is 0 Å². The van der Waals surface area contributed by atoms with Crippen LogP contribution in [0.5, 0.6) is 5.75 Å². The molecule has 1 aromatic rings. The quantitative estimate of drug-likeness (QED) is 0.772. The van der Waals surface area contributed by atoms with Crippen LogP contribution in [0.4, 0.5) is 17.6 Å². The largest absolute Gasteiger partial charge is 0.573 e. The molecule has 0 saturated carbocycles. The van der Waals surface area contributed by atoms with Crippen molar-refractivity contribution >= 4 is 0 Å². The molecule has 1 heterocycles. The molecule has 0 aliphatic heterocycles. The third-order valence-corrected chi connectivity index (χ3v) is 2.05. The van der Waals surface area contributed by atoms with E-state index in [9.17, 15) is 17.6 Å². The fourth-order valence-corrected chi connectivity index (χ4v) is 1.29. The second-order valence-corrected chi connectivity index (χ2v) is 3.20. The first-order valence-corrected chi connectivity index (χ1v) is 4.55. The summed E-state index contributed by atoms with van der Waals surface area (Å²) in [6, 6.07) is 1.76. The first-order valence-electron chi connectivity index (χ1n) is 4.55. The van der Waals surface area contributed by atoms with Crippen molar-refractivity contribution in [3.8, 4) is 11.8 Å². The van der Waals surface area contributed by atoms with Gasteiger partial charge in [0, 0.05) is 17.3 Å². The van der Waals surface area contributed by atoms with E-state index in [1.54, 1.807) is 6.07 Å². The van der Waals surface area contributed by atoms with Crippen LogP contribution in [0.25, 0.3) is 0 Å². The van der Waals surface area contributed by atoms with E-state index in [1.807, 2.05) is 0 Å². The summed E-state index contributed by atoms with van der Waals surface area (Å²) in [5.74, 6) is -0.611. The standard InChI is InChI=1S/C10H8F4N2O/c1-6-8(2-3-15)16-5-7(4-11)9(6)17-10(12,13)14/h5H,2,4H2,1H3. The predicted molar refractivity (Wildman–Crippen MR) is 49.8 cm³/mol. The van der Waals surface area contributed by atoms with Gasteiger partial charge in [-0.05, 0) is 6.92 Å². The lowest BCUT2D eigenvalue weighted by molar-refractivity contribution is -0.275. The zero-order valence-electron chi connectivity index (χ0n) is 8.81. The maximum absolute atomic E-state index is 12.5. The minimum atomic E-state index is -4.90. The molecule has 0 aromatic carbocycles. The number of hydrogen-bond acceptors (Lipinski definition) is 3. The van der Waals surface area contributed by atoms with Gasteiger partial charge in [0.05, 0.1) is 18.2 Å². The van der Waals surface area contributed by atoms with Gasteiger partial charge in [-0.25, -0.2) is 4.39 Å². The highest BCUT2D eigenvalue weighted by molar-refractivity contribution is 5.42. The molecule has 17 heavy (non-hydrogen) atoms. The van der Waals surface area contributed by atoms with Crippen LogP contribution in [0.1, 0.15) is 16.8 Å². The SMILES string of the molecule is Cc1c(CC#N)ncc(CF)c1OC(F)(F)F. The average Bonchev–Trinajstić information content (AvgIpc) is 2.23. The zero-order valence-corrected chi connectivity index (χ0v) is 8.81. The molecule has 3 nitrogen and oxygen atoms in total. The molecule has 92 valence electrons. The van der Waals surface area contributed by atoms with Crippen LogP contribution in [0.15, 0.2) is 6.20 Å². The maximum atomic E-state index is 12.5. The van der Waals surface area contributed by atoms with E-state index >= 15 is 0 Å². The summed E-state index contributed by atoms with van der Waals surface area (Å²) in [5, 5.41) is 8.47. The van der Waals surface area contributed by atoms with E-state index in [1.165, 1.54) is 6.92 Å². The molecule has 0 bridgehead atoms. The van der Waals surface area contributed by atoms with Crippen LogP contribution >= 0.6 is 0 Å². The molecular weight excluding hydrogens is 240 g/mol. The average molecular weight is 248 g/mol. The van der Waals surface area contributed by atoms with Gasteiger partial charge in [-0.3, -0.25) is 4.98 Å². The topological polar surface area (TPSA) is 45.9 Å². The van der Waals surface area contributed by atoms with Crippen LogP contribution in [-0.4, -0.2) is 11.3 Å². The highest BCUT2D eigenvalue weighted by Gasteiger charge is 2.33.